The zero-order valence-corrected chi connectivity index (χ0v) is 12.8. The molecule has 0 aliphatic carbocycles. The van der Waals surface area contributed by atoms with E-state index >= 15 is 0 Å². The molecule has 0 saturated carbocycles. The number of carboxylic acid groups (broad SMARTS) is 1. The van der Waals surface area contributed by atoms with Crippen molar-refractivity contribution >= 4 is 33.6 Å². The van der Waals surface area contributed by atoms with Gasteiger partial charge in [0.05, 0.1) is 5.69 Å². The molecule has 0 aromatic heterocycles. The third-order valence-corrected chi connectivity index (χ3v) is 3.45. The summed E-state index contributed by atoms with van der Waals surface area (Å²) in [6.45, 7) is 3.27. The molecule has 0 aliphatic rings. The van der Waals surface area contributed by atoms with Crippen LogP contribution < -0.4 is 10.6 Å². The average Bonchev–Trinajstić information content (AvgIpc) is 2.32. The van der Waals surface area contributed by atoms with Crippen LogP contribution in [0.2, 0.25) is 0 Å². The van der Waals surface area contributed by atoms with Crippen LogP contribution >= 0.6 is 15.9 Å². The molecule has 0 saturated heterocycles. The number of urea groups is 1. The van der Waals surface area contributed by atoms with Crippen LogP contribution in [0.3, 0.4) is 0 Å². The number of hydrogen-bond donors (Lipinski definition) is 3. The van der Waals surface area contributed by atoms with Crippen LogP contribution in [0.4, 0.5) is 14.9 Å². The van der Waals surface area contributed by atoms with Gasteiger partial charge >= 0.3 is 12.0 Å². The van der Waals surface area contributed by atoms with E-state index in [9.17, 15) is 14.0 Å². The molecule has 1 atom stereocenters. The summed E-state index contributed by atoms with van der Waals surface area (Å²) in [6, 6.07) is 3.13. The fraction of sp³-hybridized carbons (Fsp3) is 0.385. The van der Waals surface area contributed by atoms with E-state index in [1.54, 1.807) is 0 Å². The molecule has 110 valence electrons. The summed E-state index contributed by atoms with van der Waals surface area (Å²) in [4.78, 5) is 23.1. The molecular weight excluding hydrogens is 331 g/mol. The van der Waals surface area contributed by atoms with Gasteiger partial charge in [-0.2, -0.15) is 0 Å². The molecule has 7 heteroatoms. The van der Waals surface area contributed by atoms with E-state index in [0.29, 0.717) is 23.0 Å². The van der Waals surface area contributed by atoms with Crippen molar-refractivity contribution in [3.05, 3.63) is 28.5 Å². The first-order chi connectivity index (χ1) is 9.28. The van der Waals surface area contributed by atoms with Crippen molar-refractivity contribution in [3.63, 3.8) is 0 Å². The number of halogens is 2. The third-order valence-electron chi connectivity index (χ3n) is 2.79. The van der Waals surface area contributed by atoms with E-state index in [1.807, 2.05) is 6.92 Å². The van der Waals surface area contributed by atoms with Gasteiger partial charge in [0, 0.05) is 4.47 Å². The monoisotopic (exact) mass is 346 g/mol. The van der Waals surface area contributed by atoms with Crippen molar-refractivity contribution in [3.8, 4) is 0 Å². The topological polar surface area (TPSA) is 78.4 Å². The molecule has 20 heavy (non-hydrogen) atoms. The van der Waals surface area contributed by atoms with Gasteiger partial charge in [0.1, 0.15) is 11.4 Å². The maximum absolute atomic E-state index is 12.9. The molecule has 3 N–H and O–H groups in total. The van der Waals surface area contributed by atoms with Gasteiger partial charge in [-0.1, -0.05) is 13.3 Å². The smallest absolute Gasteiger partial charge is 0.329 e. The Morgan fingerprint density at radius 2 is 2.10 bits per heavy atom. The number of hydrogen-bond acceptors (Lipinski definition) is 2. The van der Waals surface area contributed by atoms with E-state index in [2.05, 4.69) is 26.6 Å². The predicted octanol–water partition coefficient (Wildman–Crippen LogP) is 3.35. The minimum Gasteiger partial charge on any atom is -0.480 e. The molecule has 0 heterocycles. The van der Waals surface area contributed by atoms with Crippen LogP contribution in [0.1, 0.15) is 26.7 Å². The van der Waals surface area contributed by atoms with Crippen LogP contribution in [-0.4, -0.2) is 22.6 Å². The summed E-state index contributed by atoms with van der Waals surface area (Å²) < 4.78 is 13.3. The van der Waals surface area contributed by atoms with Gasteiger partial charge in [-0.3, -0.25) is 0 Å². The molecule has 1 rings (SSSR count). The lowest BCUT2D eigenvalue weighted by Crippen LogP contribution is -2.53. The summed E-state index contributed by atoms with van der Waals surface area (Å²) in [5.41, 5.74) is -0.987. The number of anilines is 1. The Labute approximate surface area is 124 Å². The molecule has 0 fully saturated rings. The first-order valence-corrected chi connectivity index (χ1v) is 6.85. The Morgan fingerprint density at radius 1 is 1.45 bits per heavy atom. The van der Waals surface area contributed by atoms with Crippen LogP contribution in [0.15, 0.2) is 22.7 Å². The highest BCUT2D eigenvalue weighted by Crippen LogP contribution is 2.23. The summed E-state index contributed by atoms with van der Waals surface area (Å²) in [5.74, 6) is -1.54. The Hall–Kier alpha value is -1.63. The highest BCUT2D eigenvalue weighted by molar-refractivity contribution is 9.10. The highest BCUT2D eigenvalue weighted by Gasteiger charge is 2.33. The Kier molecular flexibility index (Phi) is 5.50. The minimum atomic E-state index is -1.34. The molecule has 5 nitrogen and oxygen atoms in total. The molecule has 1 aromatic carbocycles. The fourth-order valence-electron chi connectivity index (χ4n) is 1.72. The molecule has 0 aliphatic heterocycles. The standard InChI is InChI=1S/C13H16BrFN2O3/c1-3-6-13(2,11(18)19)17-12(20)16-10-5-4-8(15)7-9(10)14/h4-5,7H,3,6H2,1-2H3,(H,18,19)(H2,16,17,20). The maximum Gasteiger partial charge on any atom is 0.329 e. The minimum absolute atomic E-state index is 0.306. The number of carboxylic acids is 1. The van der Waals surface area contributed by atoms with E-state index in [-0.39, 0.29) is 0 Å². The molecule has 0 radical (unpaired) electrons. The van der Waals surface area contributed by atoms with Gasteiger partial charge in [0.25, 0.3) is 0 Å². The molecule has 0 bridgehead atoms. The molecule has 1 aromatic rings. The van der Waals surface area contributed by atoms with Gasteiger partial charge in [0.15, 0.2) is 0 Å². The van der Waals surface area contributed by atoms with E-state index < -0.39 is 23.4 Å². The van der Waals surface area contributed by atoms with E-state index in [0.717, 1.165) is 0 Å². The van der Waals surface area contributed by atoms with Gasteiger partial charge in [0.2, 0.25) is 0 Å². The van der Waals surface area contributed by atoms with Crippen LogP contribution in [0.5, 0.6) is 0 Å². The lowest BCUT2D eigenvalue weighted by Gasteiger charge is -2.25. The zero-order chi connectivity index (χ0) is 15.3. The third kappa shape index (κ3) is 4.19. The van der Waals surface area contributed by atoms with Gasteiger partial charge < -0.3 is 15.7 Å². The number of rotatable bonds is 5. The average molecular weight is 347 g/mol. The summed E-state index contributed by atoms with van der Waals surface area (Å²) in [5, 5.41) is 14.1. The van der Waals surface area contributed by atoms with Crippen molar-refractivity contribution in [1.82, 2.24) is 5.32 Å². The number of benzene rings is 1. The van der Waals surface area contributed by atoms with Crippen molar-refractivity contribution in [2.75, 3.05) is 5.32 Å². The zero-order valence-electron chi connectivity index (χ0n) is 11.2. The van der Waals surface area contributed by atoms with Crippen molar-refractivity contribution in [2.24, 2.45) is 0 Å². The lowest BCUT2D eigenvalue weighted by molar-refractivity contribution is -0.143. The molecule has 1 unspecified atom stereocenters. The quantitative estimate of drug-likeness (QED) is 0.764. The lowest BCUT2D eigenvalue weighted by atomic mass is 9.97. The first-order valence-electron chi connectivity index (χ1n) is 6.06. The summed E-state index contributed by atoms with van der Waals surface area (Å²) >= 11 is 3.12. The van der Waals surface area contributed by atoms with Crippen LogP contribution in [0, 0.1) is 5.82 Å². The molecule has 2 amide bonds. The van der Waals surface area contributed by atoms with Crippen molar-refractivity contribution in [1.29, 1.82) is 0 Å². The second-order valence-electron chi connectivity index (χ2n) is 4.59. The van der Waals surface area contributed by atoms with Gasteiger partial charge in [-0.15, -0.1) is 0 Å². The van der Waals surface area contributed by atoms with E-state index in [1.165, 1.54) is 25.1 Å². The van der Waals surface area contributed by atoms with Crippen molar-refractivity contribution < 1.29 is 19.1 Å². The van der Waals surface area contributed by atoms with Gasteiger partial charge in [-0.25, -0.2) is 14.0 Å². The Balaban J connectivity index is 2.78. The largest absolute Gasteiger partial charge is 0.480 e. The van der Waals surface area contributed by atoms with Crippen LogP contribution in [0.25, 0.3) is 0 Å². The predicted molar refractivity (Wildman–Crippen MR) is 77.2 cm³/mol. The highest BCUT2D eigenvalue weighted by atomic mass is 79.9. The number of amides is 2. The second-order valence-corrected chi connectivity index (χ2v) is 5.44. The number of aliphatic carboxylic acids is 1. The maximum atomic E-state index is 12.9. The Bertz CT molecular complexity index is 524. The Morgan fingerprint density at radius 3 is 2.60 bits per heavy atom. The second kappa shape index (κ2) is 6.69. The summed E-state index contributed by atoms with van der Waals surface area (Å²) in [7, 11) is 0. The van der Waals surface area contributed by atoms with Crippen molar-refractivity contribution in [2.45, 2.75) is 32.2 Å². The number of carbonyl (C=O) groups is 2. The fourth-order valence-corrected chi connectivity index (χ4v) is 2.17. The first kappa shape index (κ1) is 16.4. The number of nitrogens with one attached hydrogen (secondary N) is 2. The summed E-state index contributed by atoms with van der Waals surface area (Å²) in [6.07, 6.45) is 0.920. The van der Waals surface area contributed by atoms with Gasteiger partial charge in [-0.05, 0) is 47.5 Å². The molecular formula is C13H16BrFN2O3. The van der Waals surface area contributed by atoms with E-state index in [4.69, 9.17) is 5.11 Å². The number of carbonyl (C=O) groups excluding carboxylic acids is 1. The molecule has 0 spiro atoms. The van der Waals surface area contributed by atoms with Crippen LogP contribution in [-0.2, 0) is 4.79 Å². The normalized spacial score (nSPS) is 13.4. The SMILES string of the molecule is CCCC(C)(NC(=O)Nc1ccc(F)cc1Br)C(=O)O.